The van der Waals surface area contributed by atoms with E-state index in [-0.39, 0.29) is 5.75 Å². The van der Waals surface area contributed by atoms with E-state index in [1.165, 1.54) is 23.7 Å². The Labute approximate surface area is 178 Å². The molecule has 0 aliphatic carbocycles. The zero-order chi connectivity index (χ0) is 21.1. The maximum Gasteiger partial charge on any atom is 0.573 e. The lowest BCUT2D eigenvalue weighted by molar-refractivity contribution is -0.274. The summed E-state index contributed by atoms with van der Waals surface area (Å²) >= 11 is 2.97. The van der Waals surface area contributed by atoms with Gasteiger partial charge in [0.25, 0.3) is 0 Å². The van der Waals surface area contributed by atoms with Crippen molar-refractivity contribution in [3.05, 3.63) is 52.3 Å². The minimum absolute atomic E-state index is 0.212. The summed E-state index contributed by atoms with van der Waals surface area (Å²) in [5.41, 5.74) is 1.83. The molecule has 0 radical (unpaired) electrons. The summed E-state index contributed by atoms with van der Waals surface area (Å²) in [7, 11) is 0. The molecule has 0 spiro atoms. The van der Waals surface area contributed by atoms with Crippen LogP contribution >= 0.6 is 22.9 Å². The number of nitrogens with one attached hydrogen (secondary N) is 1. The van der Waals surface area contributed by atoms with E-state index >= 15 is 0 Å². The fourth-order valence-electron chi connectivity index (χ4n) is 2.98. The SMILES string of the molecule is Cc1cc2c(NCCCc3ccc(OC(F)(F)F)cc3)nc(-c3cnsc3)nc2s1. The molecule has 10 heteroatoms. The van der Waals surface area contributed by atoms with Crippen molar-refractivity contribution in [1.29, 1.82) is 0 Å². The van der Waals surface area contributed by atoms with Crippen molar-refractivity contribution >= 4 is 38.9 Å². The maximum absolute atomic E-state index is 12.2. The molecule has 1 N–H and O–H groups in total. The fourth-order valence-corrected chi connectivity index (χ4v) is 4.37. The molecule has 0 bridgehead atoms. The Morgan fingerprint density at radius 2 is 1.93 bits per heavy atom. The van der Waals surface area contributed by atoms with Gasteiger partial charge in [-0.25, -0.2) is 14.3 Å². The number of anilines is 1. The number of aromatic nitrogens is 3. The Bertz CT molecular complexity index is 1130. The summed E-state index contributed by atoms with van der Waals surface area (Å²) in [5.74, 6) is 1.20. The standard InChI is InChI=1S/C20H17F3N4OS2/c1-12-9-16-18(26-17(27-19(16)30-12)14-10-25-29-11-14)24-8-2-3-13-4-6-15(7-5-13)28-20(21,22)23/h4-7,9-11H,2-3,8H2,1H3,(H,24,26,27). The van der Waals surface area contributed by atoms with Gasteiger partial charge in [0.2, 0.25) is 0 Å². The fraction of sp³-hybridized carbons (Fsp3) is 0.250. The molecule has 1 aromatic carbocycles. The van der Waals surface area contributed by atoms with Crippen LogP contribution in [0.2, 0.25) is 0 Å². The second-order valence-electron chi connectivity index (χ2n) is 6.61. The normalized spacial score (nSPS) is 11.7. The molecule has 0 fully saturated rings. The highest BCUT2D eigenvalue weighted by Gasteiger charge is 2.30. The van der Waals surface area contributed by atoms with E-state index in [1.807, 2.05) is 12.3 Å². The lowest BCUT2D eigenvalue weighted by Gasteiger charge is -2.10. The summed E-state index contributed by atoms with van der Waals surface area (Å²) in [4.78, 5) is 11.4. The van der Waals surface area contributed by atoms with Gasteiger partial charge < -0.3 is 10.1 Å². The van der Waals surface area contributed by atoms with Gasteiger partial charge in [0.05, 0.1) is 17.1 Å². The Balaban J connectivity index is 1.40. The van der Waals surface area contributed by atoms with Crippen molar-refractivity contribution in [2.24, 2.45) is 0 Å². The van der Waals surface area contributed by atoms with Crippen molar-refractivity contribution in [2.75, 3.05) is 11.9 Å². The van der Waals surface area contributed by atoms with Crippen LogP contribution in [0.25, 0.3) is 21.6 Å². The van der Waals surface area contributed by atoms with Gasteiger partial charge in [-0.05, 0) is 55.1 Å². The summed E-state index contributed by atoms with van der Waals surface area (Å²) < 4.78 is 44.7. The van der Waals surface area contributed by atoms with Gasteiger partial charge in [0, 0.05) is 16.8 Å². The Morgan fingerprint density at radius 1 is 1.13 bits per heavy atom. The topological polar surface area (TPSA) is 59.9 Å². The summed E-state index contributed by atoms with van der Waals surface area (Å²) in [6, 6.07) is 8.03. The summed E-state index contributed by atoms with van der Waals surface area (Å²) in [6.07, 6.45) is -1.41. The lowest BCUT2D eigenvalue weighted by atomic mass is 10.1. The minimum Gasteiger partial charge on any atom is -0.406 e. The van der Waals surface area contributed by atoms with Crippen LogP contribution in [-0.4, -0.2) is 27.2 Å². The molecule has 3 aromatic heterocycles. The van der Waals surface area contributed by atoms with E-state index in [0.29, 0.717) is 12.4 Å². The van der Waals surface area contributed by atoms with E-state index < -0.39 is 6.36 Å². The monoisotopic (exact) mass is 450 g/mol. The van der Waals surface area contributed by atoms with Crippen LogP contribution in [0, 0.1) is 6.92 Å². The molecular weight excluding hydrogens is 433 g/mol. The molecule has 156 valence electrons. The van der Waals surface area contributed by atoms with E-state index in [1.54, 1.807) is 29.7 Å². The molecule has 30 heavy (non-hydrogen) atoms. The highest BCUT2D eigenvalue weighted by Crippen LogP contribution is 2.31. The average Bonchev–Trinajstić information content (AvgIpc) is 3.34. The van der Waals surface area contributed by atoms with E-state index in [2.05, 4.69) is 30.5 Å². The van der Waals surface area contributed by atoms with Crippen molar-refractivity contribution in [3.8, 4) is 17.1 Å². The van der Waals surface area contributed by atoms with E-state index in [0.717, 1.165) is 44.9 Å². The predicted octanol–water partition coefficient (Wildman–Crippen LogP) is 6.07. The maximum atomic E-state index is 12.2. The molecule has 4 aromatic rings. The number of thiophene rings is 1. The second kappa shape index (κ2) is 8.57. The summed E-state index contributed by atoms with van der Waals surface area (Å²) in [5, 5.41) is 6.28. The number of halogens is 3. The van der Waals surface area contributed by atoms with Gasteiger partial charge in [-0.15, -0.1) is 24.5 Å². The largest absolute Gasteiger partial charge is 0.573 e. The van der Waals surface area contributed by atoms with Crippen LogP contribution in [0.5, 0.6) is 5.75 Å². The van der Waals surface area contributed by atoms with Crippen molar-refractivity contribution in [1.82, 2.24) is 14.3 Å². The highest BCUT2D eigenvalue weighted by atomic mass is 32.1. The summed E-state index contributed by atoms with van der Waals surface area (Å²) in [6.45, 7) is 2.71. The highest BCUT2D eigenvalue weighted by molar-refractivity contribution is 7.18. The molecule has 4 rings (SSSR count). The van der Waals surface area contributed by atoms with Gasteiger partial charge in [-0.3, -0.25) is 0 Å². The molecule has 0 amide bonds. The number of hydrogen-bond acceptors (Lipinski definition) is 7. The molecule has 0 saturated heterocycles. The number of hydrogen-bond donors (Lipinski definition) is 1. The Hall–Kier alpha value is -2.72. The van der Waals surface area contributed by atoms with Crippen LogP contribution in [0.1, 0.15) is 16.9 Å². The van der Waals surface area contributed by atoms with Gasteiger partial charge in [-0.1, -0.05) is 12.1 Å². The number of benzene rings is 1. The second-order valence-corrected chi connectivity index (χ2v) is 8.50. The number of nitrogens with zero attached hydrogens (tertiary/aromatic N) is 3. The molecule has 5 nitrogen and oxygen atoms in total. The number of rotatable bonds is 7. The first-order chi connectivity index (χ1) is 14.4. The van der Waals surface area contributed by atoms with Crippen molar-refractivity contribution in [3.63, 3.8) is 0 Å². The van der Waals surface area contributed by atoms with Crippen molar-refractivity contribution < 1.29 is 17.9 Å². The number of ether oxygens (including phenoxy) is 1. The van der Waals surface area contributed by atoms with Gasteiger partial charge >= 0.3 is 6.36 Å². The van der Waals surface area contributed by atoms with E-state index in [9.17, 15) is 13.2 Å². The molecule has 0 saturated carbocycles. The average molecular weight is 451 g/mol. The van der Waals surface area contributed by atoms with Crippen LogP contribution < -0.4 is 10.1 Å². The van der Waals surface area contributed by atoms with Crippen LogP contribution in [0.15, 0.2) is 41.9 Å². The van der Waals surface area contributed by atoms with Crippen LogP contribution in [0.3, 0.4) is 0 Å². The zero-order valence-electron chi connectivity index (χ0n) is 15.9. The molecule has 0 atom stereocenters. The number of alkyl halides is 3. The quantitative estimate of drug-likeness (QED) is 0.347. The molecule has 0 aliphatic heterocycles. The Morgan fingerprint density at radius 3 is 2.63 bits per heavy atom. The Kier molecular flexibility index (Phi) is 5.87. The lowest BCUT2D eigenvalue weighted by Crippen LogP contribution is -2.17. The van der Waals surface area contributed by atoms with Crippen LogP contribution in [0.4, 0.5) is 19.0 Å². The molecule has 0 unspecified atom stereocenters. The third-order valence-electron chi connectivity index (χ3n) is 4.30. The van der Waals surface area contributed by atoms with Gasteiger partial charge in [0.15, 0.2) is 5.82 Å². The third-order valence-corrected chi connectivity index (χ3v) is 5.83. The first kappa shape index (κ1) is 20.5. The number of aryl methyl sites for hydroxylation is 2. The third kappa shape index (κ3) is 5.06. The van der Waals surface area contributed by atoms with Crippen molar-refractivity contribution in [2.45, 2.75) is 26.1 Å². The smallest absolute Gasteiger partial charge is 0.406 e. The predicted molar refractivity (Wildman–Crippen MR) is 113 cm³/mol. The first-order valence-corrected chi connectivity index (χ1v) is 10.8. The van der Waals surface area contributed by atoms with Gasteiger partial charge in [-0.2, -0.15) is 0 Å². The molecule has 3 heterocycles. The van der Waals surface area contributed by atoms with E-state index in [4.69, 9.17) is 0 Å². The first-order valence-electron chi connectivity index (χ1n) is 9.14. The minimum atomic E-state index is -4.67. The van der Waals surface area contributed by atoms with Gasteiger partial charge in [0.1, 0.15) is 16.4 Å². The zero-order valence-corrected chi connectivity index (χ0v) is 17.5. The molecule has 0 aliphatic rings. The number of fused-ring (bicyclic) bond motifs is 1. The van der Waals surface area contributed by atoms with Crippen LogP contribution in [-0.2, 0) is 6.42 Å². The molecular formula is C20H17F3N4OS2.